The number of hydrogen-bond acceptors (Lipinski definition) is 8. The van der Waals surface area contributed by atoms with E-state index in [9.17, 15) is 24.0 Å². The molecule has 3 amide bonds. The van der Waals surface area contributed by atoms with Gasteiger partial charge in [-0.3, -0.25) is 19.2 Å². The van der Waals surface area contributed by atoms with E-state index in [1.807, 2.05) is 13.8 Å². The molecule has 2 aliphatic heterocycles. The highest BCUT2D eigenvalue weighted by Crippen LogP contribution is 2.62. The molecule has 11 nitrogen and oxygen atoms in total. The molecule has 3 heterocycles. The second-order valence-electron chi connectivity index (χ2n) is 9.38. The molecule has 0 aliphatic carbocycles. The molecular formula is C24H32N4O7P2. The maximum absolute atomic E-state index is 13.3. The summed E-state index contributed by atoms with van der Waals surface area (Å²) in [6.45, 7) is 7.77. The van der Waals surface area contributed by atoms with Crippen LogP contribution < -0.4 is 16.0 Å². The van der Waals surface area contributed by atoms with Crippen LogP contribution >= 0.6 is 15.7 Å². The number of Topliss-reactive ketones (excluding diaryl/α,β-unsaturated/α-hetero) is 1. The highest BCUT2D eigenvalue weighted by molar-refractivity contribution is 8.05. The van der Waals surface area contributed by atoms with Gasteiger partial charge in [0.15, 0.2) is 11.5 Å². The first kappa shape index (κ1) is 28.7. The van der Waals surface area contributed by atoms with Gasteiger partial charge in [-0.1, -0.05) is 25.1 Å². The van der Waals surface area contributed by atoms with Gasteiger partial charge in [0, 0.05) is 37.1 Å². The van der Waals surface area contributed by atoms with Crippen LogP contribution in [-0.4, -0.2) is 64.8 Å². The largest absolute Gasteiger partial charge is 0.463 e. The molecule has 1 aromatic heterocycles. The molecule has 3 N–H and O–H groups in total. The number of amides is 3. The minimum Gasteiger partial charge on any atom is -0.463 e. The van der Waals surface area contributed by atoms with E-state index >= 15 is 0 Å². The molecule has 1 saturated heterocycles. The van der Waals surface area contributed by atoms with E-state index in [-0.39, 0.29) is 48.2 Å². The van der Waals surface area contributed by atoms with Crippen molar-refractivity contribution in [2.45, 2.75) is 63.9 Å². The lowest BCUT2D eigenvalue weighted by Gasteiger charge is -2.24. The number of carbonyl (C=O) groups excluding carboxylic acids is 5. The minimum atomic E-state index is -0.937. The molecule has 3 rings (SSSR count). The van der Waals surface area contributed by atoms with Crippen LogP contribution in [-0.2, 0) is 23.9 Å². The lowest BCUT2D eigenvalue weighted by molar-refractivity contribution is -0.137. The van der Waals surface area contributed by atoms with E-state index in [0.717, 1.165) is 15.7 Å². The number of ether oxygens (including phenoxy) is 1. The third-order valence-corrected chi connectivity index (χ3v) is 9.51. The van der Waals surface area contributed by atoms with Crippen molar-refractivity contribution in [3.63, 3.8) is 0 Å². The van der Waals surface area contributed by atoms with Crippen LogP contribution in [0.3, 0.4) is 0 Å². The Morgan fingerprint density at radius 2 is 2.03 bits per heavy atom. The summed E-state index contributed by atoms with van der Waals surface area (Å²) >= 11 is 0. The summed E-state index contributed by atoms with van der Waals surface area (Å²) in [7, 11) is 1.55. The molecule has 200 valence electrons. The molecule has 0 radical (unpaired) electrons. The lowest BCUT2D eigenvalue weighted by Crippen LogP contribution is -2.48. The average molecular weight is 550 g/mol. The molecule has 1 aromatic rings. The molecule has 0 aromatic carbocycles. The van der Waals surface area contributed by atoms with Crippen molar-refractivity contribution in [2.75, 3.05) is 13.2 Å². The van der Waals surface area contributed by atoms with Crippen LogP contribution in [0.4, 0.5) is 0 Å². The molecule has 0 spiro atoms. The van der Waals surface area contributed by atoms with E-state index in [4.69, 9.17) is 9.26 Å². The van der Waals surface area contributed by atoms with Crippen molar-refractivity contribution in [1.82, 2.24) is 21.1 Å². The minimum absolute atomic E-state index is 0.0544. The van der Waals surface area contributed by atoms with Gasteiger partial charge >= 0.3 is 5.97 Å². The zero-order valence-corrected chi connectivity index (χ0v) is 23.1. The molecule has 13 heteroatoms. The van der Waals surface area contributed by atoms with Gasteiger partial charge in [-0.05, 0) is 48.3 Å². The van der Waals surface area contributed by atoms with Crippen LogP contribution in [0.2, 0.25) is 0 Å². The zero-order valence-electron chi connectivity index (χ0n) is 21.3. The molecule has 0 saturated carbocycles. The van der Waals surface area contributed by atoms with E-state index < -0.39 is 28.9 Å². The Morgan fingerprint density at radius 1 is 1.30 bits per heavy atom. The van der Waals surface area contributed by atoms with Gasteiger partial charge in [0.25, 0.3) is 5.91 Å². The first-order chi connectivity index (χ1) is 17.5. The Balaban J connectivity index is 1.66. The third kappa shape index (κ3) is 7.79. The predicted octanol–water partition coefficient (Wildman–Crippen LogP) is 2.34. The summed E-state index contributed by atoms with van der Waals surface area (Å²) in [5.74, 6) is -1.76. The fourth-order valence-electron chi connectivity index (χ4n) is 3.99. The number of hydrogen-bond donors (Lipinski definition) is 3. The molecule has 3 atom stereocenters. The van der Waals surface area contributed by atoms with Crippen LogP contribution in [0.1, 0.15) is 56.3 Å². The fraction of sp³-hybridized carbons (Fsp3) is 0.583. The smallest absolute Gasteiger partial charge is 0.330 e. The first-order valence-electron chi connectivity index (χ1n) is 12.2. The monoisotopic (exact) mass is 550 g/mol. The van der Waals surface area contributed by atoms with E-state index in [1.165, 1.54) is 18.2 Å². The molecule has 0 bridgehead atoms. The SMILES string of the molecule is CCOC(=O)/C=C/[C@H](C[C@@H]1CCNC1=O)NC(=O)C1(CC(=O)[C@@H](NC(=O)c2cc(C)on2)C(C)C)P=P1. The normalized spacial score (nSPS) is 22.8. The topological polar surface area (TPSA) is 157 Å². The average Bonchev–Trinajstić information content (AvgIpc) is 3.31. The summed E-state index contributed by atoms with van der Waals surface area (Å²) in [6, 6.07) is 0.0975. The summed E-state index contributed by atoms with van der Waals surface area (Å²) in [5, 5.41) is 12.1. The highest BCUT2D eigenvalue weighted by Gasteiger charge is 2.48. The van der Waals surface area contributed by atoms with Gasteiger partial charge in [-0.15, -0.1) is 0 Å². The van der Waals surface area contributed by atoms with Crippen molar-refractivity contribution in [3.8, 4) is 0 Å². The van der Waals surface area contributed by atoms with Gasteiger partial charge in [0.2, 0.25) is 11.8 Å². The molecular weight excluding hydrogens is 518 g/mol. The summed E-state index contributed by atoms with van der Waals surface area (Å²) < 4.78 is 9.86. The standard InChI is InChI=1S/C24H32N4O7P2/c1-5-34-19(30)7-6-16(11-15-8-9-25-21(15)31)26-23(33)24(36-37-24)12-18(29)20(13(2)3)27-22(32)17-10-14(4)35-28-17/h6-7,10,13,15-16,20H,5,8-9,11-12H2,1-4H3,(H,25,31)(H,26,33)(H,27,32)/b7-6+/t15-,16+,20-/m0/s1. The lowest BCUT2D eigenvalue weighted by atomic mass is 9.95. The fourth-order valence-corrected chi connectivity index (χ4v) is 6.21. The maximum Gasteiger partial charge on any atom is 0.330 e. The Kier molecular flexibility index (Phi) is 9.74. The molecule has 1 fully saturated rings. The second-order valence-corrected chi connectivity index (χ2v) is 12.9. The Labute approximate surface area is 218 Å². The van der Waals surface area contributed by atoms with Gasteiger partial charge in [0.1, 0.15) is 10.7 Å². The number of nitrogens with one attached hydrogen (secondary N) is 3. The second kappa shape index (κ2) is 12.6. The van der Waals surface area contributed by atoms with Crippen LogP contribution in [0, 0.1) is 18.8 Å². The first-order valence-corrected chi connectivity index (χ1v) is 14.7. The number of ketones is 1. The van der Waals surface area contributed by atoms with Crippen LogP contribution in [0.25, 0.3) is 0 Å². The third-order valence-electron chi connectivity index (χ3n) is 6.06. The van der Waals surface area contributed by atoms with Gasteiger partial charge in [-0.2, -0.15) is 0 Å². The Bertz CT molecular complexity index is 1110. The quantitative estimate of drug-likeness (QED) is 0.192. The molecule has 37 heavy (non-hydrogen) atoms. The Hall–Kier alpha value is -2.90. The van der Waals surface area contributed by atoms with E-state index in [1.54, 1.807) is 13.8 Å². The number of nitrogens with zero attached hydrogens (tertiary/aromatic N) is 1. The van der Waals surface area contributed by atoms with Crippen molar-refractivity contribution >= 4 is 45.2 Å². The van der Waals surface area contributed by atoms with E-state index in [2.05, 4.69) is 21.1 Å². The Morgan fingerprint density at radius 3 is 2.57 bits per heavy atom. The van der Waals surface area contributed by atoms with Crippen molar-refractivity contribution in [2.24, 2.45) is 11.8 Å². The number of aryl methyl sites for hydroxylation is 1. The number of aromatic nitrogens is 1. The summed E-state index contributed by atoms with van der Waals surface area (Å²) in [4.78, 5) is 62.1. The van der Waals surface area contributed by atoms with Crippen molar-refractivity contribution in [1.29, 1.82) is 0 Å². The summed E-state index contributed by atoms with van der Waals surface area (Å²) in [6.07, 6.45) is 3.69. The number of rotatable bonds is 13. The van der Waals surface area contributed by atoms with Gasteiger partial charge in [-0.25, -0.2) is 4.79 Å². The van der Waals surface area contributed by atoms with Crippen LogP contribution in [0.5, 0.6) is 0 Å². The van der Waals surface area contributed by atoms with Crippen molar-refractivity contribution < 1.29 is 33.2 Å². The number of carbonyl (C=O) groups is 5. The van der Waals surface area contributed by atoms with E-state index in [0.29, 0.717) is 25.1 Å². The maximum atomic E-state index is 13.3. The highest BCUT2D eigenvalue weighted by atomic mass is 31.8. The summed E-state index contributed by atoms with van der Waals surface area (Å²) in [5.41, 5.74) is 0.0817. The van der Waals surface area contributed by atoms with Crippen LogP contribution in [0.15, 0.2) is 22.7 Å². The molecule has 2 aliphatic rings. The zero-order chi connectivity index (χ0) is 27.2. The predicted molar refractivity (Wildman–Crippen MR) is 137 cm³/mol. The van der Waals surface area contributed by atoms with Crippen molar-refractivity contribution in [3.05, 3.63) is 29.7 Å². The molecule has 0 unspecified atom stereocenters. The van der Waals surface area contributed by atoms with Gasteiger partial charge in [0.05, 0.1) is 12.6 Å². The van der Waals surface area contributed by atoms with Gasteiger partial charge < -0.3 is 25.2 Å². The number of esters is 1.